The van der Waals surface area contributed by atoms with Gasteiger partial charge in [0.25, 0.3) is 0 Å². The molecule has 0 spiro atoms. The van der Waals surface area contributed by atoms with Crippen molar-refractivity contribution in [2.45, 2.75) is 30.8 Å². The van der Waals surface area contributed by atoms with Crippen LogP contribution in [-0.2, 0) is 0 Å². The van der Waals surface area contributed by atoms with E-state index in [9.17, 15) is 0 Å². The van der Waals surface area contributed by atoms with Gasteiger partial charge in [0.2, 0.25) is 0 Å². The normalized spacial score (nSPS) is 35.0. The van der Waals surface area contributed by atoms with E-state index in [0.29, 0.717) is 5.25 Å². The second-order valence-corrected chi connectivity index (χ2v) is 3.44. The molecule has 1 unspecified atom stereocenters. The van der Waals surface area contributed by atoms with E-state index in [0.717, 1.165) is 6.42 Å². The maximum absolute atomic E-state index is 4.46. The van der Waals surface area contributed by atoms with E-state index in [1.165, 1.54) is 0 Å². The summed E-state index contributed by atoms with van der Waals surface area (Å²) >= 11 is 4.46. The summed E-state index contributed by atoms with van der Waals surface area (Å²) in [4.78, 5) is 0. The molecule has 0 fully saturated rings. The average Bonchev–Trinajstić information content (AvgIpc) is 1.81. The Bertz CT molecular complexity index is 133. The van der Waals surface area contributed by atoms with E-state index < -0.39 is 0 Å². The Balaban J connectivity index is 2.50. The number of hydrogen-bond acceptors (Lipinski definition) is 1. The minimum atomic E-state index is 0.290. The predicted octanol–water partition coefficient (Wildman–Crippen LogP) is 2.10. The third kappa shape index (κ3) is 1.18. The van der Waals surface area contributed by atoms with Crippen LogP contribution < -0.4 is 0 Å². The van der Waals surface area contributed by atoms with Crippen LogP contribution in [0.4, 0.5) is 0 Å². The molecule has 2 atom stereocenters. The van der Waals surface area contributed by atoms with Crippen LogP contribution in [0.5, 0.6) is 0 Å². The molecule has 2 heteroatoms. The summed E-state index contributed by atoms with van der Waals surface area (Å²) in [5.41, 5.74) is 0. The summed E-state index contributed by atoms with van der Waals surface area (Å²) in [7, 11) is 2.22. The topological polar surface area (TPSA) is 0 Å². The second-order valence-electron chi connectivity index (χ2n) is 2.82. The number of hydrogen-bond donors (Lipinski definition) is 1. The van der Waals surface area contributed by atoms with E-state index >= 15 is 0 Å². The molecule has 0 aromatic carbocycles. The lowest BCUT2D eigenvalue weighted by Gasteiger charge is -2.35. The summed E-state index contributed by atoms with van der Waals surface area (Å²) in [6, 6.07) is 0. The summed E-state index contributed by atoms with van der Waals surface area (Å²) in [5.74, 6) is 2.10. The Morgan fingerprint density at radius 3 is 2.44 bits per heavy atom. The highest BCUT2D eigenvalue weighted by atomic mass is 32.1. The molecule has 0 N–H and O–H groups in total. The van der Waals surface area contributed by atoms with Crippen molar-refractivity contribution < 1.29 is 0 Å². The quantitative estimate of drug-likeness (QED) is 0.439. The lowest BCUT2D eigenvalue weighted by molar-refractivity contribution is 0.661. The molecule has 1 radical (unpaired) electrons. The smallest absolute Gasteiger partial charge is 0.154 e. The maximum Gasteiger partial charge on any atom is 0.154 e. The van der Waals surface area contributed by atoms with Gasteiger partial charge in [-0.15, -0.1) is 5.98 Å². The SMILES string of the molecule is CC[C@@H](S)C1(C)[B]C=C1. The Morgan fingerprint density at radius 2 is 2.33 bits per heavy atom. The summed E-state index contributed by atoms with van der Waals surface area (Å²) in [5, 5.41) is 0.792. The standard InChI is InChI=1S/C7H12BS/c1-3-6(9)7(2)4-5-8-7/h4-6,9H,3H2,1-2H3/t6-,7?/m1/s1. The van der Waals surface area contributed by atoms with Crippen molar-refractivity contribution in [3.8, 4) is 0 Å². The second kappa shape index (κ2) is 2.41. The van der Waals surface area contributed by atoms with Gasteiger partial charge in [-0.2, -0.15) is 12.6 Å². The van der Waals surface area contributed by atoms with E-state index in [2.05, 4.69) is 45.8 Å². The minimum absolute atomic E-state index is 0.290. The Morgan fingerprint density at radius 1 is 1.78 bits per heavy atom. The molecule has 0 aromatic heterocycles. The van der Waals surface area contributed by atoms with Gasteiger partial charge in [0.15, 0.2) is 7.28 Å². The molecule has 0 aliphatic carbocycles. The largest absolute Gasteiger partial charge is 0.176 e. The molecule has 0 aromatic rings. The molecule has 0 amide bonds. The third-order valence-electron chi connectivity index (χ3n) is 2.02. The lowest BCUT2D eigenvalue weighted by Crippen LogP contribution is -2.30. The Labute approximate surface area is 63.4 Å². The van der Waals surface area contributed by atoms with Gasteiger partial charge in [0.05, 0.1) is 0 Å². The summed E-state index contributed by atoms with van der Waals surface area (Å²) in [6.45, 7) is 4.39. The molecule has 0 nitrogen and oxygen atoms in total. The highest BCUT2D eigenvalue weighted by molar-refractivity contribution is 7.81. The van der Waals surface area contributed by atoms with Crippen molar-refractivity contribution in [3.05, 3.63) is 12.1 Å². The zero-order valence-corrected chi connectivity index (χ0v) is 6.86. The first-order valence-electron chi connectivity index (χ1n) is 3.41. The van der Waals surface area contributed by atoms with Gasteiger partial charge in [0, 0.05) is 5.25 Å². The fourth-order valence-corrected chi connectivity index (χ4v) is 1.23. The van der Waals surface area contributed by atoms with Gasteiger partial charge in [-0.1, -0.05) is 19.9 Å². The molecule has 1 heterocycles. The molecular formula is C7H12BS. The first-order valence-corrected chi connectivity index (χ1v) is 3.92. The van der Waals surface area contributed by atoms with E-state index in [1.807, 2.05) is 0 Å². The Kier molecular flexibility index (Phi) is 1.95. The summed E-state index contributed by atoms with van der Waals surface area (Å²) < 4.78 is 0. The maximum atomic E-state index is 4.46. The van der Waals surface area contributed by atoms with Crippen LogP contribution in [0.15, 0.2) is 12.1 Å². The molecular weight excluding hydrogens is 127 g/mol. The minimum Gasteiger partial charge on any atom is -0.176 e. The van der Waals surface area contributed by atoms with Crippen LogP contribution in [0.25, 0.3) is 0 Å². The van der Waals surface area contributed by atoms with Crippen molar-refractivity contribution >= 4 is 19.9 Å². The fourth-order valence-electron chi connectivity index (χ4n) is 1.06. The monoisotopic (exact) mass is 139 g/mol. The number of allylic oxidation sites excluding steroid dienone is 1. The third-order valence-corrected chi connectivity index (χ3v) is 2.94. The molecule has 1 aliphatic rings. The molecule has 0 saturated carbocycles. The Hall–Kier alpha value is 0.155. The molecule has 49 valence electrons. The highest BCUT2D eigenvalue weighted by Crippen LogP contribution is 2.41. The van der Waals surface area contributed by atoms with Crippen LogP contribution in [0, 0.1) is 0 Å². The number of rotatable bonds is 2. The average molecular weight is 139 g/mol. The van der Waals surface area contributed by atoms with Gasteiger partial charge >= 0.3 is 0 Å². The molecule has 1 rings (SSSR count). The van der Waals surface area contributed by atoms with Crippen molar-refractivity contribution in [2.24, 2.45) is 0 Å². The van der Waals surface area contributed by atoms with Gasteiger partial charge in [0.1, 0.15) is 0 Å². The summed E-state index contributed by atoms with van der Waals surface area (Å²) in [6.07, 6.45) is 3.36. The van der Waals surface area contributed by atoms with Crippen molar-refractivity contribution in [1.82, 2.24) is 0 Å². The van der Waals surface area contributed by atoms with Gasteiger partial charge in [-0.3, -0.25) is 0 Å². The van der Waals surface area contributed by atoms with Crippen molar-refractivity contribution in [1.29, 1.82) is 0 Å². The van der Waals surface area contributed by atoms with Crippen molar-refractivity contribution in [3.63, 3.8) is 0 Å². The predicted molar refractivity (Wildman–Crippen MR) is 46.3 cm³/mol. The van der Waals surface area contributed by atoms with Crippen molar-refractivity contribution in [2.75, 3.05) is 0 Å². The fraction of sp³-hybridized carbons (Fsp3) is 0.714. The van der Waals surface area contributed by atoms with Gasteiger partial charge in [-0.25, -0.2) is 0 Å². The zero-order valence-electron chi connectivity index (χ0n) is 5.96. The lowest BCUT2D eigenvalue weighted by atomic mass is 9.43. The van der Waals surface area contributed by atoms with Crippen LogP contribution in [0.3, 0.4) is 0 Å². The van der Waals surface area contributed by atoms with Crippen LogP contribution in [0.2, 0.25) is 5.31 Å². The van der Waals surface area contributed by atoms with Gasteiger partial charge < -0.3 is 0 Å². The van der Waals surface area contributed by atoms with E-state index in [-0.39, 0.29) is 5.31 Å². The highest BCUT2D eigenvalue weighted by Gasteiger charge is 2.32. The molecule has 0 bridgehead atoms. The zero-order chi connectivity index (χ0) is 6.91. The number of thiol groups is 1. The molecule has 0 saturated heterocycles. The van der Waals surface area contributed by atoms with E-state index in [4.69, 9.17) is 0 Å². The molecule has 9 heavy (non-hydrogen) atoms. The van der Waals surface area contributed by atoms with Crippen LogP contribution in [-0.4, -0.2) is 12.5 Å². The van der Waals surface area contributed by atoms with Crippen LogP contribution >= 0.6 is 12.6 Å². The molecule has 1 aliphatic heterocycles. The van der Waals surface area contributed by atoms with Gasteiger partial charge in [-0.05, 0) is 11.7 Å². The first kappa shape index (κ1) is 7.26. The van der Waals surface area contributed by atoms with E-state index in [1.54, 1.807) is 0 Å². The van der Waals surface area contributed by atoms with Crippen LogP contribution in [0.1, 0.15) is 20.3 Å². The first-order chi connectivity index (χ1) is 4.19.